The minimum absolute atomic E-state index is 0.125. The quantitative estimate of drug-likeness (QED) is 0.889. The van der Waals surface area contributed by atoms with E-state index in [1.165, 1.54) is 30.6 Å². The van der Waals surface area contributed by atoms with Crippen LogP contribution in [0.2, 0.25) is 0 Å². The topological polar surface area (TPSA) is 29.1 Å². The van der Waals surface area contributed by atoms with Crippen molar-refractivity contribution in [3.8, 4) is 0 Å². The maximum absolute atomic E-state index is 12.2. The summed E-state index contributed by atoms with van der Waals surface area (Å²) in [6.07, 6.45) is 6.56. The Morgan fingerprint density at radius 2 is 2.26 bits per heavy atom. The van der Waals surface area contributed by atoms with Crippen molar-refractivity contribution in [3.05, 3.63) is 21.9 Å². The zero-order chi connectivity index (χ0) is 13.4. The SMILES string of the molecule is CCc1ccc(C(=O)N[C@H](C)[C@@H]2C[C@@H]3CC[C@@H]2C3)s1. The number of thiophene rings is 1. The molecule has 1 amide bonds. The molecule has 0 spiro atoms. The van der Waals surface area contributed by atoms with Crippen LogP contribution in [0.15, 0.2) is 12.1 Å². The van der Waals surface area contributed by atoms with Crippen molar-refractivity contribution in [2.45, 2.75) is 52.0 Å². The van der Waals surface area contributed by atoms with Crippen molar-refractivity contribution < 1.29 is 4.79 Å². The molecule has 1 aromatic heterocycles. The predicted octanol–water partition coefficient (Wildman–Crippen LogP) is 3.87. The first-order valence-electron chi connectivity index (χ1n) is 7.57. The van der Waals surface area contributed by atoms with Gasteiger partial charge in [0.25, 0.3) is 5.91 Å². The van der Waals surface area contributed by atoms with Crippen molar-refractivity contribution in [2.24, 2.45) is 17.8 Å². The molecule has 3 rings (SSSR count). The maximum atomic E-state index is 12.2. The summed E-state index contributed by atoms with van der Waals surface area (Å²) in [6, 6.07) is 4.36. The van der Waals surface area contributed by atoms with Gasteiger partial charge in [0, 0.05) is 10.9 Å². The van der Waals surface area contributed by atoms with Gasteiger partial charge >= 0.3 is 0 Å². The van der Waals surface area contributed by atoms with E-state index in [2.05, 4.69) is 25.2 Å². The molecule has 2 aliphatic carbocycles. The second-order valence-electron chi connectivity index (χ2n) is 6.22. The zero-order valence-corrected chi connectivity index (χ0v) is 12.6. The molecule has 3 heteroatoms. The third-order valence-corrected chi connectivity index (χ3v) is 6.26. The molecule has 2 aliphatic rings. The number of nitrogens with one attached hydrogen (secondary N) is 1. The van der Waals surface area contributed by atoms with Gasteiger partial charge < -0.3 is 5.32 Å². The van der Waals surface area contributed by atoms with Crippen LogP contribution in [0.25, 0.3) is 0 Å². The lowest BCUT2D eigenvalue weighted by Gasteiger charge is -2.28. The van der Waals surface area contributed by atoms with E-state index in [1.807, 2.05) is 6.07 Å². The summed E-state index contributed by atoms with van der Waals surface area (Å²) in [7, 11) is 0. The lowest BCUT2D eigenvalue weighted by molar-refractivity contribution is 0.0919. The summed E-state index contributed by atoms with van der Waals surface area (Å²) in [4.78, 5) is 14.4. The van der Waals surface area contributed by atoms with Crippen LogP contribution < -0.4 is 5.32 Å². The fourth-order valence-electron chi connectivity index (χ4n) is 3.98. The summed E-state index contributed by atoms with van der Waals surface area (Å²) in [6.45, 7) is 4.32. The fraction of sp³-hybridized carbons (Fsp3) is 0.688. The van der Waals surface area contributed by atoms with Gasteiger partial charge in [-0.15, -0.1) is 11.3 Å². The Balaban J connectivity index is 1.60. The van der Waals surface area contributed by atoms with Gasteiger partial charge in [-0.3, -0.25) is 4.79 Å². The first kappa shape index (κ1) is 13.2. The van der Waals surface area contributed by atoms with Crippen LogP contribution in [0.1, 0.15) is 54.1 Å². The number of carbonyl (C=O) groups excluding carboxylic acids is 1. The molecular weight excluding hydrogens is 254 g/mol. The number of carbonyl (C=O) groups is 1. The van der Waals surface area contributed by atoms with E-state index >= 15 is 0 Å². The number of hydrogen-bond donors (Lipinski definition) is 1. The highest BCUT2D eigenvalue weighted by Gasteiger charge is 2.42. The molecule has 0 saturated heterocycles. The zero-order valence-electron chi connectivity index (χ0n) is 11.8. The van der Waals surface area contributed by atoms with E-state index in [9.17, 15) is 4.79 Å². The van der Waals surface area contributed by atoms with E-state index < -0.39 is 0 Å². The average Bonchev–Trinajstić information content (AvgIpc) is 3.13. The molecule has 2 fully saturated rings. The monoisotopic (exact) mass is 277 g/mol. The summed E-state index contributed by atoms with van der Waals surface area (Å²) in [5, 5.41) is 3.23. The summed E-state index contributed by atoms with van der Waals surface area (Å²) >= 11 is 1.63. The van der Waals surface area contributed by atoms with E-state index in [-0.39, 0.29) is 5.91 Å². The predicted molar refractivity (Wildman–Crippen MR) is 79.6 cm³/mol. The van der Waals surface area contributed by atoms with E-state index in [0.29, 0.717) is 12.0 Å². The highest BCUT2D eigenvalue weighted by molar-refractivity contribution is 7.14. The van der Waals surface area contributed by atoms with Crippen molar-refractivity contribution in [1.29, 1.82) is 0 Å². The summed E-state index contributed by atoms with van der Waals surface area (Å²) < 4.78 is 0. The standard InChI is InChI=1S/C16H23NOS/c1-3-13-6-7-15(19-13)16(18)17-10(2)14-9-11-4-5-12(14)8-11/h6-7,10-12,14H,3-5,8-9H2,1-2H3,(H,17,18)/t10-,11-,12-,14+/m1/s1. The molecule has 1 N–H and O–H groups in total. The van der Waals surface area contributed by atoms with Crippen molar-refractivity contribution in [2.75, 3.05) is 0 Å². The number of rotatable bonds is 4. The second-order valence-corrected chi connectivity index (χ2v) is 7.39. The van der Waals surface area contributed by atoms with E-state index in [4.69, 9.17) is 0 Å². The van der Waals surface area contributed by atoms with E-state index in [1.54, 1.807) is 11.3 Å². The highest BCUT2D eigenvalue weighted by atomic mass is 32.1. The van der Waals surface area contributed by atoms with Crippen LogP contribution in [0, 0.1) is 17.8 Å². The van der Waals surface area contributed by atoms with E-state index in [0.717, 1.165) is 23.1 Å². The molecule has 1 heterocycles. The van der Waals surface area contributed by atoms with Gasteiger partial charge in [0.1, 0.15) is 0 Å². The molecule has 104 valence electrons. The van der Waals surface area contributed by atoms with Crippen LogP contribution in [0.4, 0.5) is 0 Å². The van der Waals surface area contributed by atoms with Gasteiger partial charge in [-0.1, -0.05) is 13.3 Å². The number of aryl methyl sites for hydroxylation is 1. The van der Waals surface area contributed by atoms with Crippen molar-refractivity contribution in [3.63, 3.8) is 0 Å². The summed E-state index contributed by atoms with van der Waals surface area (Å²) in [5.74, 6) is 2.66. The van der Waals surface area contributed by atoms with Gasteiger partial charge in [-0.05, 0) is 62.5 Å². The molecule has 0 aromatic carbocycles. The van der Waals surface area contributed by atoms with Gasteiger partial charge in [-0.25, -0.2) is 0 Å². The van der Waals surface area contributed by atoms with Crippen LogP contribution >= 0.6 is 11.3 Å². The van der Waals surface area contributed by atoms with Gasteiger partial charge in [-0.2, -0.15) is 0 Å². The Morgan fingerprint density at radius 1 is 1.42 bits per heavy atom. The molecule has 4 atom stereocenters. The Labute approximate surface area is 119 Å². The van der Waals surface area contributed by atoms with Crippen LogP contribution in [0.3, 0.4) is 0 Å². The molecule has 2 saturated carbocycles. The number of amides is 1. The van der Waals surface area contributed by atoms with Gasteiger partial charge in [0.05, 0.1) is 4.88 Å². The first-order chi connectivity index (χ1) is 9.17. The Morgan fingerprint density at radius 3 is 2.84 bits per heavy atom. The normalized spacial score (nSPS) is 30.5. The lowest BCUT2D eigenvalue weighted by Crippen LogP contribution is -2.39. The van der Waals surface area contributed by atoms with Crippen LogP contribution in [0.5, 0.6) is 0 Å². The summed E-state index contributed by atoms with van der Waals surface area (Å²) in [5.41, 5.74) is 0. The Kier molecular flexibility index (Phi) is 3.66. The smallest absolute Gasteiger partial charge is 0.261 e. The van der Waals surface area contributed by atoms with Crippen molar-refractivity contribution >= 4 is 17.2 Å². The molecule has 0 unspecified atom stereocenters. The van der Waals surface area contributed by atoms with Crippen LogP contribution in [-0.2, 0) is 6.42 Å². The van der Waals surface area contributed by atoms with Gasteiger partial charge in [0.15, 0.2) is 0 Å². The van der Waals surface area contributed by atoms with Crippen molar-refractivity contribution in [1.82, 2.24) is 5.32 Å². The maximum Gasteiger partial charge on any atom is 0.261 e. The number of hydrogen-bond acceptors (Lipinski definition) is 2. The molecule has 19 heavy (non-hydrogen) atoms. The lowest BCUT2D eigenvalue weighted by atomic mass is 9.84. The minimum atomic E-state index is 0.125. The molecular formula is C16H23NOS. The molecule has 0 radical (unpaired) electrons. The third-order valence-electron chi connectivity index (χ3n) is 5.03. The molecule has 0 aliphatic heterocycles. The minimum Gasteiger partial charge on any atom is -0.349 e. The Bertz CT molecular complexity index is 467. The number of fused-ring (bicyclic) bond motifs is 2. The van der Waals surface area contributed by atoms with Crippen LogP contribution in [-0.4, -0.2) is 11.9 Å². The fourth-order valence-corrected chi connectivity index (χ4v) is 4.83. The van der Waals surface area contributed by atoms with Gasteiger partial charge in [0.2, 0.25) is 0 Å². The first-order valence-corrected chi connectivity index (χ1v) is 8.38. The average molecular weight is 277 g/mol. The molecule has 1 aromatic rings. The largest absolute Gasteiger partial charge is 0.349 e. The third kappa shape index (κ3) is 2.58. The Hall–Kier alpha value is -0.830. The molecule has 2 bridgehead atoms. The molecule has 2 nitrogen and oxygen atoms in total. The highest BCUT2D eigenvalue weighted by Crippen LogP contribution is 2.49. The second kappa shape index (κ2) is 5.28.